The van der Waals surface area contributed by atoms with Crippen LogP contribution in [-0.4, -0.2) is 49.6 Å². The van der Waals surface area contributed by atoms with Crippen molar-refractivity contribution in [3.05, 3.63) is 60.2 Å². The zero-order valence-electron chi connectivity index (χ0n) is 13.8. The van der Waals surface area contributed by atoms with E-state index in [1.165, 1.54) is 0 Å². The zero-order chi connectivity index (χ0) is 16.7. The Balaban J connectivity index is 1.32. The largest absolute Gasteiger partial charge is 0.377 e. The van der Waals surface area contributed by atoms with Gasteiger partial charge in [-0.1, -0.05) is 12.1 Å². The van der Waals surface area contributed by atoms with Gasteiger partial charge in [-0.2, -0.15) is 0 Å². The molecule has 130 valence electrons. The third-order valence-electron chi connectivity index (χ3n) is 3.10. The van der Waals surface area contributed by atoms with E-state index in [9.17, 15) is 0 Å². The molecule has 0 fully saturated rings. The maximum Gasteiger partial charge on any atom is 0.0732 e. The minimum atomic E-state index is 0.554. The summed E-state index contributed by atoms with van der Waals surface area (Å²) in [6.07, 6.45) is 7.09. The summed E-state index contributed by atoms with van der Waals surface area (Å²) in [4.78, 5) is 8.06. The smallest absolute Gasteiger partial charge is 0.0732 e. The number of rotatable bonds is 13. The van der Waals surface area contributed by atoms with Crippen LogP contribution in [0.5, 0.6) is 0 Å². The molecular weight excluding hydrogens is 308 g/mol. The number of nitrogens with zero attached hydrogens (tertiary/aromatic N) is 2. The van der Waals surface area contributed by atoms with Gasteiger partial charge in [0, 0.05) is 24.8 Å². The molecule has 0 atom stereocenters. The molecule has 0 aliphatic rings. The van der Waals surface area contributed by atoms with Gasteiger partial charge in [0.2, 0.25) is 0 Å². The van der Waals surface area contributed by atoms with E-state index in [-0.39, 0.29) is 0 Å². The van der Waals surface area contributed by atoms with Crippen LogP contribution in [0.2, 0.25) is 0 Å². The normalized spacial score (nSPS) is 10.8. The Morgan fingerprint density at radius 1 is 0.583 bits per heavy atom. The Kier molecular flexibility index (Phi) is 9.66. The second-order valence-electron chi connectivity index (χ2n) is 5.05. The SMILES string of the molecule is c1cncc(COCCOCCOCCOCc2cccnc2)c1. The Bertz CT molecular complexity index is 476. The average Bonchev–Trinajstić information content (AvgIpc) is 2.64. The molecule has 6 heteroatoms. The van der Waals surface area contributed by atoms with Crippen LogP contribution in [0.15, 0.2) is 49.1 Å². The topological polar surface area (TPSA) is 62.7 Å². The first kappa shape index (κ1) is 18.5. The highest BCUT2D eigenvalue weighted by Gasteiger charge is 1.95. The summed E-state index contributed by atoms with van der Waals surface area (Å²) in [7, 11) is 0. The van der Waals surface area contributed by atoms with Crippen LogP contribution in [0.3, 0.4) is 0 Å². The van der Waals surface area contributed by atoms with Gasteiger partial charge in [0.25, 0.3) is 0 Å². The second kappa shape index (κ2) is 12.5. The molecule has 2 rings (SSSR count). The highest BCUT2D eigenvalue weighted by molar-refractivity contribution is 5.07. The van der Waals surface area contributed by atoms with Crippen molar-refractivity contribution in [2.45, 2.75) is 13.2 Å². The van der Waals surface area contributed by atoms with E-state index >= 15 is 0 Å². The lowest BCUT2D eigenvalue weighted by atomic mass is 10.3. The first-order chi connectivity index (χ1) is 11.9. The molecule has 0 bridgehead atoms. The number of hydrogen-bond acceptors (Lipinski definition) is 6. The van der Waals surface area contributed by atoms with E-state index in [1.807, 2.05) is 24.3 Å². The summed E-state index contributed by atoms with van der Waals surface area (Å²) < 4.78 is 21.8. The van der Waals surface area contributed by atoms with Gasteiger partial charge in [0.05, 0.1) is 52.9 Å². The van der Waals surface area contributed by atoms with Crippen molar-refractivity contribution in [3.8, 4) is 0 Å². The van der Waals surface area contributed by atoms with E-state index in [0.717, 1.165) is 11.1 Å². The van der Waals surface area contributed by atoms with Crippen molar-refractivity contribution >= 4 is 0 Å². The fraction of sp³-hybridized carbons (Fsp3) is 0.444. The van der Waals surface area contributed by atoms with Crippen LogP contribution >= 0.6 is 0 Å². The van der Waals surface area contributed by atoms with E-state index in [1.54, 1.807) is 24.8 Å². The first-order valence-electron chi connectivity index (χ1n) is 8.04. The minimum absolute atomic E-state index is 0.554. The maximum absolute atomic E-state index is 5.49. The van der Waals surface area contributed by atoms with Gasteiger partial charge in [0.1, 0.15) is 0 Å². The summed E-state index contributed by atoms with van der Waals surface area (Å²) >= 11 is 0. The molecule has 0 aliphatic heterocycles. The molecule has 2 aromatic rings. The predicted molar refractivity (Wildman–Crippen MR) is 89.4 cm³/mol. The van der Waals surface area contributed by atoms with Crippen LogP contribution in [0, 0.1) is 0 Å². The third-order valence-corrected chi connectivity index (χ3v) is 3.10. The Morgan fingerprint density at radius 3 is 1.38 bits per heavy atom. The van der Waals surface area contributed by atoms with Gasteiger partial charge >= 0.3 is 0 Å². The second-order valence-corrected chi connectivity index (χ2v) is 5.05. The van der Waals surface area contributed by atoms with Crippen molar-refractivity contribution in [2.75, 3.05) is 39.6 Å². The molecule has 0 spiro atoms. The molecule has 0 saturated carbocycles. The predicted octanol–water partition coefficient (Wildman–Crippen LogP) is 2.24. The molecule has 0 saturated heterocycles. The van der Waals surface area contributed by atoms with Crippen molar-refractivity contribution in [3.63, 3.8) is 0 Å². The number of aromatic nitrogens is 2. The molecule has 0 aliphatic carbocycles. The average molecular weight is 332 g/mol. The zero-order valence-corrected chi connectivity index (χ0v) is 13.8. The van der Waals surface area contributed by atoms with Gasteiger partial charge in [0.15, 0.2) is 0 Å². The van der Waals surface area contributed by atoms with Gasteiger partial charge in [-0.3, -0.25) is 9.97 Å². The molecule has 6 nitrogen and oxygen atoms in total. The lowest BCUT2D eigenvalue weighted by Gasteiger charge is -2.07. The molecule has 24 heavy (non-hydrogen) atoms. The summed E-state index contributed by atoms with van der Waals surface area (Å²) in [5.74, 6) is 0. The molecule has 0 unspecified atom stereocenters. The monoisotopic (exact) mass is 332 g/mol. The standard InChI is InChI=1S/C18H24N2O4/c1-3-17(13-19-5-1)15-23-11-9-21-7-8-22-10-12-24-16-18-4-2-6-20-14-18/h1-6,13-14H,7-12,15-16H2. The molecule has 0 aromatic carbocycles. The molecule has 2 aromatic heterocycles. The van der Waals surface area contributed by atoms with Crippen LogP contribution in [-0.2, 0) is 32.2 Å². The molecular formula is C18H24N2O4. The van der Waals surface area contributed by atoms with Crippen molar-refractivity contribution in [1.82, 2.24) is 9.97 Å². The Hall–Kier alpha value is -1.86. The van der Waals surface area contributed by atoms with Crippen molar-refractivity contribution in [1.29, 1.82) is 0 Å². The summed E-state index contributed by atoms with van der Waals surface area (Å²) in [5, 5.41) is 0. The first-order valence-corrected chi connectivity index (χ1v) is 8.04. The van der Waals surface area contributed by atoms with Crippen molar-refractivity contribution in [2.24, 2.45) is 0 Å². The van der Waals surface area contributed by atoms with Crippen LogP contribution in [0.25, 0.3) is 0 Å². The summed E-state index contributed by atoms with van der Waals surface area (Å²) in [5.41, 5.74) is 2.12. The van der Waals surface area contributed by atoms with Gasteiger partial charge in [-0.15, -0.1) is 0 Å². The van der Waals surface area contributed by atoms with Gasteiger partial charge in [-0.05, 0) is 23.3 Å². The summed E-state index contributed by atoms with van der Waals surface area (Å²) in [6, 6.07) is 7.76. The molecule has 0 N–H and O–H groups in total. The fourth-order valence-corrected chi connectivity index (χ4v) is 1.90. The van der Waals surface area contributed by atoms with Crippen LogP contribution in [0.4, 0.5) is 0 Å². The maximum atomic E-state index is 5.49. The van der Waals surface area contributed by atoms with E-state index in [2.05, 4.69) is 9.97 Å². The molecule has 0 radical (unpaired) electrons. The quantitative estimate of drug-likeness (QED) is 0.524. The van der Waals surface area contributed by atoms with E-state index < -0.39 is 0 Å². The Labute approximate surface area is 142 Å². The van der Waals surface area contributed by atoms with Gasteiger partial charge < -0.3 is 18.9 Å². The molecule has 2 heterocycles. The number of pyridine rings is 2. The lowest BCUT2D eigenvalue weighted by molar-refractivity contribution is -0.00623. The van der Waals surface area contributed by atoms with Crippen LogP contribution in [0.1, 0.15) is 11.1 Å². The number of hydrogen-bond donors (Lipinski definition) is 0. The van der Waals surface area contributed by atoms with Crippen molar-refractivity contribution < 1.29 is 18.9 Å². The number of ether oxygens (including phenoxy) is 4. The summed E-state index contributed by atoms with van der Waals surface area (Å²) in [6.45, 7) is 4.45. The lowest BCUT2D eigenvalue weighted by Crippen LogP contribution is -2.11. The van der Waals surface area contributed by atoms with E-state index in [0.29, 0.717) is 52.9 Å². The Morgan fingerprint density at radius 2 is 1.00 bits per heavy atom. The minimum Gasteiger partial charge on any atom is -0.377 e. The molecule has 0 amide bonds. The van der Waals surface area contributed by atoms with Gasteiger partial charge in [-0.25, -0.2) is 0 Å². The third kappa shape index (κ3) is 8.69. The van der Waals surface area contributed by atoms with Crippen LogP contribution < -0.4 is 0 Å². The van der Waals surface area contributed by atoms with E-state index in [4.69, 9.17) is 18.9 Å². The fourth-order valence-electron chi connectivity index (χ4n) is 1.90. The highest BCUT2D eigenvalue weighted by atomic mass is 16.6. The highest BCUT2D eigenvalue weighted by Crippen LogP contribution is 1.98.